The highest BCUT2D eigenvalue weighted by atomic mass is 16.5. The van der Waals surface area contributed by atoms with Crippen LogP contribution in [0, 0.1) is 0 Å². The third kappa shape index (κ3) is 5.94. The largest absolute Gasteiger partial charge is 0.379 e. The number of Topliss-reactive ketones (excluding diaryl/α,β-unsaturated/α-hetero) is 1. The number of rotatable bonds is 7. The number of nitrogens with one attached hydrogen (secondary N) is 2. The molecular weight excluding hydrogens is 372 g/mol. The van der Waals surface area contributed by atoms with Gasteiger partial charge in [-0.15, -0.1) is 0 Å². The molecule has 8 nitrogen and oxygen atoms in total. The number of anilines is 1. The summed E-state index contributed by atoms with van der Waals surface area (Å²) in [7, 11) is 0. The van der Waals surface area contributed by atoms with Crippen LogP contribution >= 0.6 is 0 Å². The molecule has 2 amide bonds. The zero-order valence-electron chi connectivity index (χ0n) is 16.3. The number of aromatic nitrogens is 1. The molecule has 1 aromatic carbocycles. The molecule has 1 saturated heterocycles. The predicted octanol–water partition coefficient (Wildman–Crippen LogP) is 1.60. The van der Waals surface area contributed by atoms with Gasteiger partial charge in [-0.2, -0.15) is 0 Å². The van der Waals surface area contributed by atoms with E-state index in [4.69, 9.17) is 4.74 Å². The molecule has 2 N–H and O–H groups in total. The molecule has 8 heteroatoms. The molecule has 0 radical (unpaired) electrons. The number of benzene rings is 1. The van der Waals surface area contributed by atoms with Gasteiger partial charge in [0.1, 0.15) is 5.69 Å². The maximum atomic E-state index is 12.5. The van der Waals surface area contributed by atoms with E-state index >= 15 is 0 Å². The number of morpholine rings is 1. The lowest BCUT2D eigenvalue weighted by atomic mass is 10.1. The number of nitrogens with zero attached hydrogens (tertiary/aromatic N) is 2. The van der Waals surface area contributed by atoms with E-state index in [0.29, 0.717) is 36.6 Å². The number of hydrogen-bond donors (Lipinski definition) is 2. The fourth-order valence-corrected chi connectivity index (χ4v) is 2.96. The Balaban J connectivity index is 1.57. The number of pyridine rings is 1. The molecule has 0 atom stereocenters. The summed E-state index contributed by atoms with van der Waals surface area (Å²) in [6.07, 6.45) is 1.43. The van der Waals surface area contributed by atoms with Crippen molar-refractivity contribution >= 4 is 23.3 Å². The Bertz CT molecular complexity index is 894. The molecule has 2 aromatic rings. The number of carbonyl (C=O) groups is 3. The topological polar surface area (TPSA) is 101 Å². The number of ether oxygens (including phenoxy) is 1. The smallest absolute Gasteiger partial charge is 0.274 e. The van der Waals surface area contributed by atoms with E-state index in [1.165, 1.54) is 19.2 Å². The van der Waals surface area contributed by atoms with Crippen molar-refractivity contribution in [2.75, 3.05) is 44.7 Å². The minimum absolute atomic E-state index is 0.0880. The van der Waals surface area contributed by atoms with E-state index in [0.717, 1.165) is 19.6 Å². The van der Waals surface area contributed by atoms with Crippen LogP contribution in [-0.4, -0.2) is 66.9 Å². The Morgan fingerprint density at radius 3 is 2.62 bits per heavy atom. The van der Waals surface area contributed by atoms with Crippen LogP contribution in [0.1, 0.15) is 38.1 Å². The first-order valence-corrected chi connectivity index (χ1v) is 9.49. The van der Waals surface area contributed by atoms with Gasteiger partial charge in [0.2, 0.25) is 0 Å². The molecule has 29 heavy (non-hydrogen) atoms. The Morgan fingerprint density at radius 1 is 1.07 bits per heavy atom. The van der Waals surface area contributed by atoms with Gasteiger partial charge in [0.05, 0.1) is 13.2 Å². The van der Waals surface area contributed by atoms with Crippen LogP contribution < -0.4 is 10.6 Å². The van der Waals surface area contributed by atoms with E-state index in [1.54, 1.807) is 30.3 Å². The van der Waals surface area contributed by atoms with Gasteiger partial charge in [0, 0.05) is 49.2 Å². The zero-order valence-corrected chi connectivity index (χ0v) is 16.3. The fourth-order valence-electron chi connectivity index (χ4n) is 2.96. The zero-order chi connectivity index (χ0) is 20.6. The van der Waals surface area contributed by atoms with Gasteiger partial charge >= 0.3 is 0 Å². The van der Waals surface area contributed by atoms with Crippen molar-refractivity contribution < 1.29 is 19.1 Å². The maximum Gasteiger partial charge on any atom is 0.274 e. The van der Waals surface area contributed by atoms with E-state index in [9.17, 15) is 14.4 Å². The van der Waals surface area contributed by atoms with Crippen molar-refractivity contribution in [3.63, 3.8) is 0 Å². The molecule has 0 bridgehead atoms. The number of hydrogen-bond acceptors (Lipinski definition) is 6. The molecule has 1 fully saturated rings. The van der Waals surface area contributed by atoms with Gasteiger partial charge < -0.3 is 15.4 Å². The van der Waals surface area contributed by atoms with Crippen LogP contribution in [0.2, 0.25) is 0 Å². The molecule has 0 spiro atoms. The van der Waals surface area contributed by atoms with Crippen molar-refractivity contribution in [1.29, 1.82) is 0 Å². The second-order valence-electron chi connectivity index (χ2n) is 6.73. The molecule has 2 heterocycles. The van der Waals surface area contributed by atoms with Gasteiger partial charge in [0.25, 0.3) is 11.8 Å². The van der Waals surface area contributed by atoms with Crippen molar-refractivity contribution in [2.24, 2.45) is 0 Å². The van der Waals surface area contributed by atoms with Gasteiger partial charge in [-0.25, -0.2) is 0 Å². The van der Waals surface area contributed by atoms with Gasteiger partial charge in [-0.05, 0) is 31.2 Å². The summed E-state index contributed by atoms with van der Waals surface area (Å²) in [6, 6.07) is 9.68. The third-order valence-corrected chi connectivity index (χ3v) is 4.60. The summed E-state index contributed by atoms with van der Waals surface area (Å²) >= 11 is 0. The van der Waals surface area contributed by atoms with E-state index in [-0.39, 0.29) is 17.4 Å². The van der Waals surface area contributed by atoms with Crippen molar-refractivity contribution in [2.45, 2.75) is 6.92 Å². The lowest BCUT2D eigenvalue weighted by molar-refractivity contribution is 0.0383. The molecule has 1 aromatic heterocycles. The molecule has 0 unspecified atom stereocenters. The van der Waals surface area contributed by atoms with E-state index in [2.05, 4.69) is 20.5 Å². The van der Waals surface area contributed by atoms with Crippen LogP contribution in [0.15, 0.2) is 42.6 Å². The monoisotopic (exact) mass is 396 g/mol. The Labute approximate surface area is 169 Å². The second kappa shape index (κ2) is 9.90. The second-order valence-corrected chi connectivity index (χ2v) is 6.73. The molecular formula is C21H24N4O4. The normalized spacial score (nSPS) is 14.2. The standard InChI is InChI=1S/C21H24N4O4/c1-15(26)16-3-2-4-18(13-16)24-21(28)19-14-17(5-6-22-19)20(27)23-7-8-25-9-11-29-12-10-25/h2-6,13-14H,7-12H2,1H3,(H,23,27)(H,24,28). The van der Waals surface area contributed by atoms with Crippen molar-refractivity contribution in [3.05, 3.63) is 59.4 Å². The summed E-state index contributed by atoms with van der Waals surface area (Å²) < 4.78 is 5.30. The molecule has 3 rings (SSSR count). The first-order valence-electron chi connectivity index (χ1n) is 9.49. The van der Waals surface area contributed by atoms with Crippen molar-refractivity contribution in [3.8, 4) is 0 Å². The Morgan fingerprint density at radius 2 is 1.86 bits per heavy atom. The number of carbonyl (C=O) groups excluding carboxylic acids is 3. The fraction of sp³-hybridized carbons (Fsp3) is 0.333. The summed E-state index contributed by atoms with van der Waals surface area (Å²) in [5.41, 5.74) is 1.48. The minimum atomic E-state index is -0.450. The number of ketones is 1. The lowest BCUT2D eigenvalue weighted by Crippen LogP contribution is -2.41. The van der Waals surface area contributed by atoms with Crippen LogP contribution in [0.5, 0.6) is 0 Å². The summed E-state index contributed by atoms with van der Waals surface area (Å²) in [6.45, 7) is 5.88. The van der Waals surface area contributed by atoms with E-state index in [1.807, 2.05) is 0 Å². The molecule has 1 aliphatic heterocycles. The number of amides is 2. The molecule has 0 aliphatic carbocycles. The highest BCUT2D eigenvalue weighted by Crippen LogP contribution is 2.13. The van der Waals surface area contributed by atoms with Crippen LogP contribution in [0.4, 0.5) is 5.69 Å². The van der Waals surface area contributed by atoms with Crippen LogP contribution in [0.3, 0.4) is 0 Å². The first kappa shape index (κ1) is 20.6. The summed E-state index contributed by atoms with van der Waals surface area (Å²) in [5, 5.41) is 5.57. The minimum Gasteiger partial charge on any atom is -0.379 e. The van der Waals surface area contributed by atoms with E-state index < -0.39 is 5.91 Å². The van der Waals surface area contributed by atoms with Crippen molar-refractivity contribution in [1.82, 2.24) is 15.2 Å². The quantitative estimate of drug-likeness (QED) is 0.690. The van der Waals surface area contributed by atoms with Gasteiger partial charge in [0.15, 0.2) is 5.78 Å². The summed E-state index contributed by atoms with van der Waals surface area (Å²) in [4.78, 5) is 42.6. The SMILES string of the molecule is CC(=O)c1cccc(NC(=O)c2cc(C(=O)NCCN3CCOCC3)ccn2)c1. The Kier molecular flexibility index (Phi) is 7.04. The summed E-state index contributed by atoms with van der Waals surface area (Å²) in [5.74, 6) is -0.795. The highest BCUT2D eigenvalue weighted by Gasteiger charge is 2.14. The first-order chi connectivity index (χ1) is 14.0. The predicted molar refractivity (Wildman–Crippen MR) is 108 cm³/mol. The van der Waals surface area contributed by atoms with Crippen LogP contribution in [-0.2, 0) is 4.74 Å². The highest BCUT2D eigenvalue weighted by molar-refractivity contribution is 6.05. The molecule has 1 aliphatic rings. The van der Waals surface area contributed by atoms with Gasteiger partial charge in [-0.3, -0.25) is 24.3 Å². The molecule has 0 saturated carbocycles. The lowest BCUT2D eigenvalue weighted by Gasteiger charge is -2.26. The average Bonchev–Trinajstić information content (AvgIpc) is 2.74. The van der Waals surface area contributed by atoms with Crippen LogP contribution in [0.25, 0.3) is 0 Å². The molecule has 152 valence electrons. The maximum absolute atomic E-state index is 12.5. The average molecular weight is 396 g/mol. The van der Waals surface area contributed by atoms with Gasteiger partial charge in [-0.1, -0.05) is 12.1 Å². The Hall–Kier alpha value is -3.10. The third-order valence-electron chi connectivity index (χ3n) is 4.60.